The van der Waals surface area contributed by atoms with Crippen LogP contribution in [-0.2, 0) is 45.2 Å². The van der Waals surface area contributed by atoms with Gasteiger partial charge in [-0.25, -0.2) is 13.7 Å². The van der Waals surface area contributed by atoms with Crippen LogP contribution in [0.4, 0.5) is 0 Å². The molecule has 0 fully saturated rings. The highest BCUT2D eigenvalue weighted by Crippen LogP contribution is 2.61. The molecule has 0 radical (unpaired) electrons. The Morgan fingerprint density at radius 2 is 1.10 bits per heavy atom. The number of aromatic hydroxyl groups is 5. The first-order valence-electron chi connectivity index (χ1n) is 12.2. The fourth-order valence-electron chi connectivity index (χ4n) is 6.86. The summed E-state index contributed by atoms with van der Waals surface area (Å²) in [7, 11) is -5.50. The minimum absolute atomic E-state index is 0.00667. The van der Waals surface area contributed by atoms with Crippen LogP contribution in [-0.4, -0.2) is 43.8 Å². The van der Waals surface area contributed by atoms with E-state index in [1.165, 1.54) is 0 Å². The maximum absolute atomic E-state index is 13.7. The van der Waals surface area contributed by atoms with E-state index < -0.39 is 49.1 Å². The van der Waals surface area contributed by atoms with Crippen molar-refractivity contribution < 1.29 is 58.2 Å². The molecule has 0 amide bonds. The van der Waals surface area contributed by atoms with Crippen LogP contribution in [0.25, 0.3) is 43.1 Å². The molecule has 14 heteroatoms. The second-order valence-electron chi connectivity index (χ2n) is 10.0. The van der Waals surface area contributed by atoms with E-state index >= 15 is 0 Å². The van der Waals surface area contributed by atoms with E-state index in [1.54, 1.807) is 0 Å². The van der Waals surface area contributed by atoms with E-state index in [0.29, 0.717) is 24.9 Å². The largest absolute Gasteiger partial charge is 0.871 e. The lowest BCUT2D eigenvalue weighted by Crippen LogP contribution is -2.14. The summed E-state index contributed by atoms with van der Waals surface area (Å²) in [5, 5.41) is 81.8. The van der Waals surface area contributed by atoms with Crippen LogP contribution in [0, 0.1) is 0 Å². The molecule has 40 heavy (non-hydrogen) atoms. The molecular weight excluding hydrogens is 568 g/mol. The third kappa shape index (κ3) is 2.92. The molecule has 0 atom stereocenters. The Morgan fingerprint density at radius 1 is 0.625 bits per heavy atom. The van der Waals surface area contributed by atoms with E-state index in [1.807, 2.05) is 0 Å². The average Bonchev–Trinajstić information content (AvgIpc) is 2.92. The minimum Gasteiger partial charge on any atom is -0.871 e. The Hall–Kier alpha value is -3.66. The maximum Gasteiger partial charge on any atom is 0.166 e. The van der Waals surface area contributed by atoms with Crippen molar-refractivity contribution >= 4 is 65.3 Å². The van der Waals surface area contributed by atoms with Crippen LogP contribution < -0.4 is 5.11 Å². The van der Waals surface area contributed by atoms with Crippen molar-refractivity contribution in [3.63, 3.8) is 0 Å². The zero-order valence-electron chi connectivity index (χ0n) is 20.2. The normalized spacial score (nSPS) is 15.2. The van der Waals surface area contributed by atoms with Gasteiger partial charge in [0.25, 0.3) is 0 Å². The van der Waals surface area contributed by atoms with E-state index in [9.17, 15) is 43.6 Å². The predicted octanol–water partition coefficient (Wildman–Crippen LogP) is 3.65. The number of benzene rings is 5. The summed E-state index contributed by atoms with van der Waals surface area (Å²) in [5.41, 5.74) is 0.581. The van der Waals surface area contributed by atoms with E-state index in [-0.39, 0.29) is 96.3 Å². The molecule has 0 spiro atoms. The highest BCUT2D eigenvalue weighted by Gasteiger charge is 2.36. The minimum atomic E-state index is -5.50. The first kappa shape index (κ1) is 25.3. The molecule has 5 aromatic carbocycles. The second-order valence-corrected chi connectivity index (χ2v) is 12.1. The predicted molar refractivity (Wildman–Crippen MR) is 138 cm³/mol. The van der Waals surface area contributed by atoms with Gasteiger partial charge in [0.05, 0.1) is 21.8 Å². The standard InChI is InChI=1S/C26H20O12S2/c27-19-8-4-2-6-10-12(8)14-15(23(19)31)17-13-11-7(3-1-5-9(11)21(29)25(17)39-38-37-33)20(28)24(32)16(13)18(14)26(22(10)30)40(34,35)36/h27-33H,1-6H2,(H,34,35,36)/p-2. The molecule has 0 saturated carbocycles. The summed E-state index contributed by atoms with van der Waals surface area (Å²) in [5.74, 6) is -4.16. The van der Waals surface area contributed by atoms with Crippen molar-refractivity contribution in [3.05, 3.63) is 22.3 Å². The summed E-state index contributed by atoms with van der Waals surface area (Å²) < 4.78 is 42.8. The molecular formula is C26H18O12S2-2. The highest BCUT2D eigenvalue weighted by atomic mass is 32.2. The van der Waals surface area contributed by atoms with Crippen LogP contribution in [0.15, 0.2) is 9.79 Å². The lowest BCUT2D eigenvalue weighted by atomic mass is 9.78. The summed E-state index contributed by atoms with van der Waals surface area (Å²) in [6.07, 6.45) is 1.55. The van der Waals surface area contributed by atoms with Gasteiger partial charge in [-0.15, -0.1) is 4.33 Å². The van der Waals surface area contributed by atoms with Crippen LogP contribution in [0.1, 0.15) is 35.1 Å². The molecule has 0 aliphatic heterocycles. The number of hydrogen-bond acceptors (Lipinski definition) is 13. The Morgan fingerprint density at radius 3 is 1.65 bits per heavy atom. The molecule has 12 nitrogen and oxygen atoms in total. The lowest BCUT2D eigenvalue weighted by Gasteiger charge is -2.32. The van der Waals surface area contributed by atoms with Crippen molar-refractivity contribution in [2.24, 2.45) is 0 Å². The van der Waals surface area contributed by atoms with E-state index in [2.05, 4.69) is 9.37 Å². The molecule has 0 aromatic heterocycles. The zero-order chi connectivity index (χ0) is 28.4. The molecule has 0 heterocycles. The van der Waals surface area contributed by atoms with Gasteiger partial charge in [0.2, 0.25) is 0 Å². The number of hydrogen-bond donors (Lipinski definition) is 6. The van der Waals surface area contributed by atoms with Crippen molar-refractivity contribution in [2.45, 2.75) is 48.3 Å². The molecule has 5 aromatic rings. The number of fused-ring (bicyclic) bond motifs is 2. The van der Waals surface area contributed by atoms with Gasteiger partial charge in [-0.1, -0.05) is 10.8 Å². The van der Waals surface area contributed by atoms with Crippen LogP contribution in [0.3, 0.4) is 0 Å². The van der Waals surface area contributed by atoms with Crippen molar-refractivity contribution in [2.75, 3.05) is 0 Å². The smallest absolute Gasteiger partial charge is 0.166 e. The van der Waals surface area contributed by atoms with Gasteiger partial charge in [-0.3, -0.25) is 0 Å². The summed E-state index contributed by atoms with van der Waals surface area (Å²) in [6.45, 7) is 0. The van der Waals surface area contributed by atoms with Gasteiger partial charge in [0.1, 0.15) is 15.9 Å². The molecule has 0 saturated heterocycles. The third-order valence-corrected chi connectivity index (χ3v) is 9.82. The molecule has 2 aliphatic rings. The first-order chi connectivity index (χ1) is 19.0. The SMILES string of the molecule is O=S(=O)([O-])c1c([O-])c2c3c(c(O)c(O)c4c5c(SOOO)c(O)c6c7c(c(O)c(O)c(c1c34)c75)CCC6)CCC2. The third-order valence-electron chi connectivity index (χ3n) is 8.24. The number of rotatable bonds is 4. The second kappa shape index (κ2) is 8.19. The van der Waals surface area contributed by atoms with E-state index in [0.717, 1.165) is 0 Å². The van der Waals surface area contributed by atoms with Crippen molar-refractivity contribution in [1.29, 1.82) is 0 Å². The van der Waals surface area contributed by atoms with Gasteiger partial charge in [0.15, 0.2) is 23.0 Å². The summed E-state index contributed by atoms with van der Waals surface area (Å²) in [6, 6.07) is 0. The number of phenols is 5. The summed E-state index contributed by atoms with van der Waals surface area (Å²) >= 11 is 0.339. The van der Waals surface area contributed by atoms with E-state index in [4.69, 9.17) is 5.26 Å². The number of aryl methyl sites for hydroxylation is 4. The van der Waals surface area contributed by atoms with Gasteiger partial charge >= 0.3 is 0 Å². The molecule has 7 rings (SSSR count). The fraction of sp³-hybridized carbons (Fsp3) is 0.231. The van der Waals surface area contributed by atoms with Gasteiger partial charge in [0, 0.05) is 49.0 Å². The Bertz CT molecular complexity index is 2090. The zero-order valence-corrected chi connectivity index (χ0v) is 21.8. The monoisotopic (exact) mass is 586 g/mol. The molecule has 0 bridgehead atoms. The van der Waals surface area contributed by atoms with Gasteiger partial charge in [-0.05, 0) is 54.9 Å². The Kier molecular flexibility index (Phi) is 5.18. The van der Waals surface area contributed by atoms with Crippen LogP contribution in [0.2, 0.25) is 0 Å². The molecule has 6 N–H and O–H groups in total. The quantitative estimate of drug-likeness (QED) is 0.0337. The summed E-state index contributed by atoms with van der Waals surface area (Å²) in [4.78, 5) is -1.29. The lowest BCUT2D eigenvalue weighted by molar-refractivity contribution is -0.432. The maximum atomic E-state index is 13.7. The van der Waals surface area contributed by atoms with Crippen LogP contribution >= 0.6 is 12.0 Å². The topological polar surface area (TPSA) is 220 Å². The van der Waals surface area contributed by atoms with Gasteiger partial charge < -0.3 is 35.2 Å². The van der Waals surface area contributed by atoms with Crippen molar-refractivity contribution in [1.82, 2.24) is 0 Å². The van der Waals surface area contributed by atoms with Gasteiger partial charge in [-0.2, -0.15) is 0 Å². The molecule has 208 valence electrons. The molecule has 0 unspecified atom stereocenters. The van der Waals surface area contributed by atoms with Crippen molar-refractivity contribution in [3.8, 4) is 34.5 Å². The number of phenolic OH excluding ortho intramolecular Hbond substituents is 5. The Balaban J connectivity index is 1.97. The highest BCUT2D eigenvalue weighted by molar-refractivity contribution is 7.95. The van der Waals surface area contributed by atoms with Crippen LogP contribution in [0.5, 0.6) is 34.5 Å². The molecule has 2 aliphatic carbocycles. The average molecular weight is 587 g/mol. The Labute approximate surface area is 228 Å². The first-order valence-corrected chi connectivity index (χ1v) is 14.3. The fourth-order valence-corrected chi connectivity index (χ4v) is 8.26.